The summed E-state index contributed by atoms with van der Waals surface area (Å²) in [4.78, 5) is 55.9. The van der Waals surface area contributed by atoms with Crippen LogP contribution >= 0.6 is 0 Å². The third-order valence-corrected chi connectivity index (χ3v) is 16.2. The normalized spacial score (nSPS) is 27.1. The van der Waals surface area contributed by atoms with Crippen molar-refractivity contribution >= 4 is 23.9 Å². The van der Waals surface area contributed by atoms with Crippen molar-refractivity contribution in [3.05, 3.63) is 95.6 Å². The summed E-state index contributed by atoms with van der Waals surface area (Å²) < 4.78 is 43.8. The Balaban J connectivity index is 0.000000267. The first kappa shape index (κ1) is 58.4. The lowest BCUT2D eigenvalue weighted by Crippen LogP contribution is -2.40. The summed E-state index contributed by atoms with van der Waals surface area (Å²) >= 11 is 0. The molecule has 10 unspecified atom stereocenters. The molecule has 4 saturated carbocycles. The van der Waals surface area contributed by atoms with E-state index in [1.54, 1.807) is 36.4 Å². The summed E-state index contributed by atoms with van der Waals surface area (Å²) in [5, 5.41) is 39.5. The number of unbranched alkanes of at least 4 members (excludes halogenated alkanes) is 4. The highest BCUT2D eigenvalue weighted by Crippen LogP contribution is 2.58. The van der Waals surface area contributed by atoms with Gasteiger partial charge in [0.25, 0.3) is 0 Å². The van der Waals surface area contributed by atoms with Crippen LogP contribution in [0.1, 0.15) is 166 Å². The molecule has 400 valence electrons. The van der Waals surface area contributed by atoms with Gasteiger partial charge in [0, 0.05) is 19.3 Å². The van der Waals surface area contributed by atoms with E-state index in [1.807, 2.05) is 19.1 Å². The van der Waals surface area contributed by atoms with Crippen LogP contribution in [0.2, 0.25) is 0 Å². The van der Waals surface area contributed by atoms with Crippen molar-refractivity contribution in [1.29, 1.82) is 0 Å². The zero-order valence-electron chi connectivity index (χ0n) is 43.0. The standard InChI is InChI=1S/C30H43FO5.C28H39FO7/c1-4-6-8-10-26(32)27(11-9-7-5-2)36-28(33)19-24-21-14-17-23(24)29(30(34)35-3)25(18-21)20-12-15-22(31)16-13-20;1-2-3-4-8-25(24(31)7-5-6-15-30)35-26(32)17-22-19-11-14-21(22)27(28(33)36-34)23(16-19)18-9-12-20(29)13-10-18/h7,9,12-13,15-16,21,23-27,29,32H,4-6,8,10-11,14,17-19H2,1-3H3;5-6,9-10,12-13,19,21-25,27,30-31,34H,2-4,7-8,11,14-17H2,1H3/b9-7-;6-5-/t21?,23?,24?,25?,26-,27-,29?;19?,21?,22?,23?,24-,25+,27?/m00/s1. The van der Waals surface area contributed by atoms with Crippen LogP contribution in [0.5, 0.6) is 0 Å². The molecule has 4 bridgehead atoms. The Morgan fingerprint density at radius 3 is 1.58 bits per heavy atom. The van der Waals surface area contributed by atoms with E-state index in [9.17, 15) is 43.4 Å². The molecule has 0 amide bonds. The molecule has 2 aromatic carbocycles. The monoisotopic (exact) mass is 1010 g/mol. The van der Waals surface area contributed by atoms with Gasteiger partial charge in [-0.05, 0) is 153 Å². The molecule has 4 fully saturated rings. The molecule has 14 heteroatoms. The number of aliphatic hydroxyl groups excluding tert-OH is 3. The minimum Gasteiger partial charge on any atom is -0.469 e. The van der Waals surface area contributed by atoms with Crippen LogP contribution in [-0.2, 0) is 38.3 Å². The summed E-state index contributed by atoms with van der Waals surface area (Å²) in [6.45, 7) is 6.13. The fourth-order valence-electron chi connectivity index (χ4n) is 12.7. The van der Waals surface area contributed by atoms with E-state index in [0.29, 0.717) is 31.6 Å². The summed E-state index contributed by atoms with van der Waals surface area (Å²) in [6.07, 6.45) is 18.3. The van der Waals surface area contributed by atoms with Crippen LogP contribution in [-0.4, -0.2) is 82.6 Å². The molecule has 0 aromatic heterocycles. The van der Waals surface area contributed by atoms with E-state index in [2.05, 4.69) is 18.7 Å². The van der Waals surface area contributed by atoms with Crippen molar-refractivity contribution in [2.75, 3.05) is 13.7 Å². The molecular formula is C58H82F2O12. The Hall–Kier alpha value is -4.50. The Kier molecular flexibility index (Phi) is 24.3. The molecule has 0 heterocycles. The number of fused-ring (bicyclic) bond motifs is 4. The minimum absolute atomic E-state index is 0.0201. The Labute approximate surface area is 425 Å². The Morgan fingerprint density at radius 2 is 1.11 bits per heavy atom. The lowest BCUT2D eigenvalue weighted by atomic mass is 9.63. The summed E-state index contributed by atoms with van der Waals surface area (Å²) in [5.41, 5.74) is 1.77. The van der Waals surface area contributed by atoms with E-state index in [-0.39, 0.29) is 96.8 Å². The number of ether oxygens (including phenoxy) is 3. The summed E-state index contributed by atoms with van der Waals surface area (Å²) in [6, 6.07) is 12.5. The summed E-state index contributed by atoms with van der Waals surface area (Å²) in [5.74, 6) is -3.32. The van der Waals surface area contributed by atoms with Crippen molar-refractivity contribution in [3.63, 3.8) is 0 Å². The number of carbonyl (C=O) groups is 4. The largest absolute Gasteiger partial charge is 0.469 e. The molecule has 6 rings (SSSR count). The average Bonchev–Trinajstić information content (AvgIpc) is 3.78. The molecule has 4 N–H and O–H groups in total. The van der Waals surface area contributed by atoms with Crippen molar-refractivity contribution in [3.8, 4) is 0 Å². The maximum absolute atomic E-state index is 13.5. The number of hydrogen-bond donors (Lipinski definition) is 4. The second kappa shape index (κ2) is 30.0. The number of hydrogen-bond acceptors (Lipinski definition) is 12. The lowest BCUT2D eigenvalue weighted by Gasteiger charge is -2.40. The topological polar surface area (TPSA) is 186 Å². The lowest BCUT2D eigenvalue weighted by molar-refractivity contribution is -0.243. The number of allylic oxidation sites excluding steroid dienone is 1. The van der Waals surface area contributed by atoms with Gasteiger partial charge in [-0.2, -0.15) is 5.26 Å². The second-order valence-corrected chi connectivity index (χ2v) is 20.7. The van der Waals surface area contributed by atoms with Crippen molar-refractivity contribution in [1.82, 2.24) is 0 Å². The highest BCUT2D eigenvalue weighted by molar-refractivity contribution is 5.76. The predicted octanol–water partition coefficient (Wildman–Crippen LogP) is 11.1. The van der Waals surface area contributed by atoms with Gasteiger partial charge in [-0.3, -0.25) is 14.4 Å². The fraction of sp³-hybridized carbons (Fsp3) is 0.655. The fourth-order valence-corrected chi connectivity index (χ4v) is 12.7. The zero-order chi connectivity index (χ0) is 52.2. The molecular weight excluding hydrogens is 927 g/mol. The van der Waals surface area contributed by atoms with Crippen molar-refractivity contribution in [2.45, 2.75) is 179 Å². The van der Waals surface area contributed by atoms with Crippen LogP contribution in [0.25, 0.3) is 0 Å². The molecule has 14 atom stereocenters. The van der Waals surface area contributed by atoms with E-state index >= 15 is 0 Å². The van der Waals surface area contributed by atoms with E-state index in [0.717, 1.165) is 88.2 Å². The molecule has 0 saturated heterocycles. The highest BCUT2D eigenvalue weighted by Gasteiger charge is 2.54. The van der Waals surface area contributed by atoms with E-state index in [1.165, 1.54) is 31.4 Å². The van der Waals surface area contributed by atoms with Gasteiger partial charge in [0.05, 0.1) is 37.8 Å². The van der Waals surface area contributed by atoms with Gasteiger partial charge in [0.2, 0.25) is 0 Å². The van der Waals surface area contributed by atoms with E-state index < -0.39 is 42.3 Å². The van der Waals surface area contributed by atoms with E-state index in [4.69, 9.17) is 19.3 Å². The maximum atomic E-state index is 13.5. The van der Waals surface area contributed by atoms with Crippen LogP contribution in [0.15, 0.2) is 72.8 Å². The molecule has 12 nitrogen and oxygen atoms in total. The van der Waals surface area contributed by atoms with Crippen LogP contribution in [0, 0.1) is 59.0 Å². The number of carbonyl (C=O) groups excluding carboxylic acids is 4. The Morgan fingerprint density at radius 1 is 0.625 bits per heavy atom. The van der Waals surface area contributed by atoms with Crippen LogP contribution in [0.4, 0.5) is 8.78 Å². The van der Waals surface area contributed by atoms with Gasteiger partial charge in [-0.25, -0.2) is 13.6 Å². The van der Waals surface area contributed by atoms with Gasteiger partial charge in [0.1, 0.15) is 23.8 Å². The number of methoxy groups -OCH3 is 1. The average molecular weight is 1010 g/mol. The van der Waals surface area contributed by atoms with Gasteiger partial charge < -0.3 is 34.4 Å². The number of rotatable bonds is 26. The molecule has 0 spiro atoms. The third kappa shape index (κ3) is 16.2. The van der Waals surface area contributed by atoms with Crippen molar-refractivity contribution < 1.29 is 67.6 Å². The SMILES string of the molecule is CC/C=C\C[C@H](OC(=O)CC1C2CCC1C(C(=O)OC)C(c1ccc(F)cc1)C2)[C@@H](O)CCCCC.CCCCC[C@@H](OC(=O)CC1C2CCC1C(C(=O)OO)C(c1ccc(F)cc1)C2)[C@@H](O)C/C=C\CO. The second-order valence-electron chi connectivity index (χ2n) is 20.7. The Bertz CT molecular complexity index is 2030. The van der Waals surface area contributed by atoms with Gasteiger partial charge in [0.15, 0.2) is 0 Å². The number of benzene rings is 2. The smallest absolute Gasteiger partial charge is 0.346 e. The number of aliphatic hydroxyl groups is 3. The molecule has 0 aliphatic heterocycles. The molecule has 4 aliphatic rings. The van der Waals surface area contributed by atoms with Gasteiger partial charge in [-0.15, -0.1) is 0 Å². The van der Waals surface area contributed by atoms with Crippen LogP contribution in [0.3, 0.4) is 0 Å². The minimum atomic E-state index is -0.864. The highest BCUT2D eigenvalue weighted by atomic mass is 19.1. The first-order valence-electron chi connectivity index (χ1n) is 26.9. The predicted molar refractivity (Wildman–Crippen MR) is 269 cm³/mol. The first-order valence-corrected chi connectivity index (χ1v) is 26.9. The van der Waals surface area contributed by atoms with Gasteiger partial charge in [-0.1, -0.05) is 101 Å². The van der Waals surface area contributed by atoms with Crippen LogP contribution < -0.4 is 0 Å². The zero-order valence-corrected chi connectivity index (χ0v) is 43.0. The maximum Gasteiger partial charge on any atom is 0.346 e. The van der Waals surface area contributed by atoms with Gasteiger partial charge >= 0.3 is 23.9 Å². The third-order valence-electron chi connectivity index (χ3n) is 16.2. The molecule has 0 radical (unpaired) electrons. The number of halogens is 2. The first-order chi connectivity index (χ1) is 34.8. The number of esters is 3. The summed E-state index contributed by atoms with van der Waals surface area (Å²) in [7, 11) is 1.41. The molecule has 2 aromatic rings. The van der Waals surface area contributed by atoms with Crippen molar-refractivity contribution in [2.24, 2.45) is 47.3 Å². The quantitative estimate of drug-likeness (QED) is 0.0175. The molecule has 72 heavy (non-hydrogen) atoms. The molecule has 4 aliphatic carbocycles.